The quantitative estimate of drug-likeness (QED) is 0.774. The molecule has 2 aromatic heterocycles. The van der Waals surface area contributed by atoms with Crippen LogP contribution in [0.3, 0.4) is 0 Å². The Balaban J connectivity index is 2.07. The standard InChI is InChI=1S/C18H18N4O2/c1-11-8-14(15-4-5-17(19-2)21-20-15)16(23)10-13(11)12-6-7-22(3)18(24)9-12/h4-10,23H,1-3H3,(H,19,21). The molecule has 0 saturated carbocycles. The summed E-state index contributed by atoms with van der Waals surface area (Å²) in [6.07, 6.45) is 1.71. The highest BCUT2D eigenvalue weighted by Crippen LogP contribution is 2.34. The number of hydrogen-bond acceptors (Lipinski definition) is 5. The lowest BCUT2D eigenvalue weighted by Gasteiger charge is -2.11. The minimum Gasteiger partial charge on any atom is -0.507 e. The third kappa shape index (κ3) is 2.86. The topological polar surface area (TPSA) is 80.0 Å². The van der Waals surface area contributed by atoms with Crippen molar-refractivity contribution in [3.63, 3.8) is 0 Å². The molecule has 6 heteroatoms. The third-order valence-corrected chi connectivity index (χ3v) is 3.95. The molecule has 3 rings (SSSR count). The number of phenolic OH excluding ortho intramolecular Hbond substituents is 1. The molecule has 0 aliphatic heterocycles. The second-order valence-corrected chi connectivity index (χ2v) is 5.60. The van der Waals surface area contributed by atoms with Crippen LogP contribution in [0.4, 0.5) is 5.82 Å². The smallest absolute Gasteiger partial charge is 0.250 e. The fraction of sp³-hybridized carbons (Fsp3) is 0.167. The highest BCUT2D eigenvalue weighted by molar-refractivity contribution is 5.77. The second-order valence-electron chi connectivity index (χ2n) is 5.60. The van der Waals surface area contributed by atoms with E-state index in [1.807, 2.05) is 19.1 Å². The molecular formula is C18H18N4O2. The van der Waals surface area contributed by atoms with E-state index in [9.17, 15) is 9.90 Å². The third-order valence-electron chi connectivity index (χ3n) is 3.95. The lowest BCUT2D eigenvalue weighted by Crippen LogP contribution is -2.14. The van der Waals surface area contributed by atoms with Gasteiger partial charge in [-0.1, -0.05) is 0 Å². The van der Waals surface area contributed by atoms with E-state index in [0.717, 1.165) is 16.7 Å². The first-order valence-corrected chi connectivity index (χ1v) is 7.52. The number of nitrogens with zero attached hydrogens (tertiary/aromatic N) is 3. The maximum absolute atomic E-state index is 11.8. The maximum Gasteiger partial charge on any atom is 0.250 e. The van der Waals surface area contributed by atoms with Gasteiger partial charge in [0.1, 0.15) is 11.6 Å². The van der Waals surface area contributed by atoms with Gasteiger partial charge in [-0.3, -0.25) is 4.79 Å². The van der Waals surface area contributed by atoms with Gasteiger partial charge in [-0.25, -0.2) is 0 Å². The van der Waals surface area contributed by atoms with Crippen molar-refractivity contribution in [2.24, 2.45) is 7.05 Å². The van der Waals surface area contributed by atoms with Crippen molar-refractivity contribution in [3.8, 4) is 28.1 Å². The zero-order valence-corrected chi connectivity index (χ0v) is 13.7. The molecule has 0 atom stereocenters. The lowest BCUT2D eigenvalue weighted by atomic mass is 9.97. The van der Waals surface area contributed by atoms with Gasteiger partial charge < -0.3 is 15.0 Å². The van der Waals surface area contributed by atoms with E-state index in [4.69, 9.17) is 0 Å². The van der Waals surface area contributed by atoms with E-state index < -0.39 is 0 Å². The molecule has 2 heterocycles. The summed E-state index contributed by atoms with van der Waals surface area (Å²) in [4.78, 5) is 11.8. The molecule has 1 aromatic carbocycles. The first kappa shape index (κ1) is 15.7. The van der Waals surface area contributed by atoms with Gasteiger partial charge >= 0.3 is 0 Å². The summed E-state index contributed by atoms with van der Waals surface area (Å²) in [7, 11) is 3.47. The fourth-order valence-electron chi connectivity index (χ4n) is 2.54. The number of nitrogens with one attached hydrogen (secondary N) is 1. The van der Waals surface area contributed by atoms with Crippen LogP contribution in [0.15, 0.2) is 47.4 Å². The van der Waals surface area contributed by atoms with Crippen molar-refractivity contribution in [2.45, 2.75) is 6.92 Å². The molecule has 3 aromatic rings. The summed E-state index contributed by atoms with van der Waals surface area (Å²) >= 11 is 0. The zero-order chi connectivity index (χ0) is 17.3. The zero-order valence-electron chi connectivity index (χ0n) is 13.7. The van der Waals surface area contributed by atoms with Crippen molar-refractivity contribution in [2.75, 3.05) is 12.4 Å². The summed E-state index contributed by atoms with van der Waals surface area (Å²) in [5.74, 6) is 0.759. The Hall–Kier alpha value is -3.15. The molecule has 0 bridgehead atoms. The molecule has 0 aliphatic rings. The first-order valence-electron chi connectivity index (χ1n) is 7.52. The van der Waals surface area contributed by atoms with Crippen LogP contribution in [0.25, 0.3) is 22.4 Å². The monoisotopic (exact) mass is 322 g/mol. The number of pyridine rings is 1. The summed E-state index contributed by atoms with van der Waals surface area (Å²) in [5.41, 5.74) is 3.63. The molecule has 24 heavy (non-hydrogen) atoms. The average Bonchev–Trinajstić information content (AvgIpc) is 2.59. The molecule has 0 radical (unpaired) electrons. The number of aromatic hydroxyl groups is 1. The van der Waals surface area contributed by atoms with Gasteiger partial charge in [0.2, 0.25) is 0 Å². The fourth-order valence-corrected chi connectivity index (χ4v) is 2.54. The Morgan fingerprint density at radius 2 is 1.88 bits per heavy atom. The first-order chi connectivity index (χ1) is 11.5. The van der Waals surface area contributed by atoms with Crippen molar-refractivity contribution < 1.29 is 5.11 Å². The van der Waals surface area contributed by atoms with Crippen LogP contribution in [0, 0.1) is 6.92 Å². The van der Waals surface area contributed by atoms with Gasteiger partial charge in [0, 0.05) is 31.9 Å². The van der Waals surface area contributed by atoms with Gasteiger partial charge in [0.15, 0.2) is 0 Å². The van der Waals surface area contributed by atoms with E-state index >= 15 is 0 Å². The highest BCUT2D eigenvalue weighted by Gasteiger charge is 2.12. The molecular weight excluding hydrogens is 304 g/mol. The number of anilines is 1. The molecule has 0 aliphatic carbocycles. The van der Waals surface area contributed by atoms with E-state index in [1.54, 1.807) is 44.6 Å². The van der Waals surface area contributed by atoms with E-state index in [2.05, 4.69) is 15.5 Å². The van der Waals surface area contributed by atoms with Crippen molar-refractivity contribution in [1.82, 2.24) is 14.8 Å². The van der Waals surface area contributed by atoms with Crippen LogP contribution in [-0.4, -0.2) is 26.9 Å². The summed E-state index contributed by atoms with van der Waals surface area (Å²) in [5, 5.41) is 21.5. The van der Waals surface area contributed by atoms with Crippen LogP contribution in [0.5, 0.6) is 5.75 Å². The summed E-state index contributed by atoms with van der Waals surface area (Å²) in [6, 6.07) is 10.5. The Morgan fingerprint density at radius 1 is 1.08 bits per heavy atom. The van der Waals surface area contributed by atoms with Crippen LogP contribution in [0.1, 0.15) is 5.56 Å². The summed E-state index contributed by atoms with van der Waals surface area (Å²) in [6.45, 7) is 1.94. The number of aromatic nitrogens is 3. The second kappa shape index (κ2) is 6.16. The minimum absolute atomic E-state index is 0.0935. The average molecular weight is 322 g/mol. The number of rotatable bonds is 3. The molecule has 0 spiro atoms. The van der Waals surface area contributed by atoms with E-state index in [-0.39, 0.29) is 11.3 Å². The van der Waals surface area contributed by atoms with Gasteiger partial charge in [0.25, 0.3) is 5.56 Å². The Bertz CT molecular complexity index is 946. The highest BCUT2D eigenvalue weighted by atomic mass is 16.3. The molecule has 6 nitrogen and oxygen atoms in total. The maximum atomic E-state index is 11.8. The van der Waals surface area contributed by atoms with Crippen molar-refractivity contribution in [1.29, 1.82) is 0 Å². The van der Waals surface area contributed by atoms with Crippen LogP contribution in [-0.2, 0) is 7.05 Å². The number of benzene rings is 1. The predicted octanol–water partition coefficient (Wildman–Crippen LogP) is 2.57. The van der Waals surface area contributed by atoms with Gasteiger partial charge in [0.05, 0.1) is 5.69 Å². The molecule has 0 saturated heterocycles. The SMILES string of the molecule is CNc1ccc(-c2cc(C)c(-c3ccn(C)c(=O)c3)cc2O)nn1. The Morgan fingerprint density at radius 3 is 2.50 bits per heavy atom. The van der Waals surface area contributed by atoms with E-state index in [1.165, 1.54) is 4.57 Å². The Labute approximate surface area is 139 Å². The number of hydrogen-bond donors (Lipinski definition) is 2. The largest absolute Gasteiger partial charge is 0.507 e. The molecule has 0 amide bonds. The van der Waals surface area contributed by atoms with Gasteiger partial charge in [-0.05, 0) is 53.9 Å². The Kier molecular flexibility index (Phi) is 4.04. The lowest BCUT2D eigenvalue weighted by molar-refractivity contribution is 0.477. The minimum atomic E-state index is -0.0935. The molecule has 122 valence electrons. The predicted molar refractivity (Wildman–Crippen MR) is 94.1 cm³/mol. The van der Waals surface area contributed by atoms with Gasteiger partial charge in [-0.2, -0.15) is 0 Å². The summed E-state index contributed by atoms with van der Waals surface area (Å²) < 4.78 is 1.51. The molecule has 2 N–H and O–H groups in total. The van der Waals surface area contributed by atoms with Gasteiger partial charge in [-0.15, -0.1) is 10.2 Å². The molecule has 0 unspecified atom stereocenters. The van der Waals surface area contributed by atoms with Crippen LogP contribution < -0.4 is 10.9 Å². The normalized spacial score (nSPS) is 10.6. The van der Waals surface area contributed by atoms with E-state index in [0.29, 0.717) is 17.1 Å². The van der Waals surface area contributed by atoms with Crippen LogP contribution in [0.2, 0.25) is 0 Å². The van der Waals surface area contributed by atoms with Crippen molar-refractivity contribution >= 4 is 5.82 Å². The molecule has 0 fully saturated rings. The number of phenols is 1. The van der Waals surface area contributed by atoms with Crippen LogP contribution >= 0.6 is 0 Å². The number of aryl methyl sites for hydroxylation is 2. The van der Waals surface area contributed by atoms with Crippen molar-refractivity contribution in [3.05, 3.63) is 58.5 Å².